The van der Waals surface area contributed by atoms with Crippen molar-refractivity contribution < 1.29 is 19.4 Å². The van der Waals surface area contributed by atoms with Crippen LogP contribution in [0.25, 0.3) is 0 Å². The minimum absolute atomic E-state index is 0.0823. The van der Waals surface area contributed by atoms with Crippen molar-refractivity contribution in [3.63, 3.8) is 0 Å². The number of methoxy groups -OCH3 is 1. The fraction of sp³-hybridized carbons (Fsp3) is 0.467. The number of carbonyl (C=O) groups excluding carboxylic acids is 2. The Balaban J connectivity index is 2.20. The van der Waals surface area contributed by atoms with E-state index in [-0.39, 0.29) is 31.4 Å². The van der Waals surface area contributed by atoms with Gasteiger partial charge in [-0.2, -0.15) is 0 Å². The Kier molecular flexibility index (Phi) is 4.87. The van der Waals surface area contributed by atoms with Crippen LogP contribution in [0.2, 0.25) is 0 Å². The highest BCUT2D eigenvalue weighted by Gasteiger charge is 2.42. The molecule has 1 aliphatic rings. The van der Waals surface area contributed by atoms with E-state index in [0.29, 0.717) is 6.42 Å². The van der Waals surface area contributed by atoms with E-state index in [4.69, 9.17) is 9.84 Å². The van der Waals surface area contributed by atoms with Gasteiger partial charge < -0.3 is 9.84 Å². The Labute approximate surface area is 118 Å². The van der Waals surface area contributed by atoms with Gasteiger partial charge >= 0.3 is 0 Å². The number of nitrogens with zero attached hydrogens (tertiary/aromatic N) is 1. The molecule has 1 aromatic carbocycles. The highest BCUT2D eigenvalue weighted by Crippen LogP contribution is 2.31. The third-order valence-corrected chi connectivity index (χ3v) is 3.57. The van der Waals surface area contributed by atoms with Gasteiger partial charge in [0.05, 0.1) is 18.6 Å². The molecule has 20 heavy (non-hydrogen) atoms. The molecular weight excluding hydrogens is 258 g/mol. The number of carbonyl (C=O) groups is 2. The summed E-state index contributed by atoms with van der Waals surface area (Å²) in [6.45, 7) is 0.167. The van der Waals surface area contributed by atoms with Crippen molar-refractivity contribution in [1.82, 2.24) is 4.90 Å². The van der Waals surface area contributed by atoms with E-state index in [1.54, 1.807) is 0 Å². The van der Waals surface area contributed by atoms with E-state index in [9.17, 15) is 9.59 Å². The number of likely N-dealkylation sites (tertiary alicyclic amines) is 1. The first-order valence-electron chi connectivity index (χ1n) is 6.69. The SMILES string of the molecule is COCC(CCO)N1C(=O)CC(c2ccccc2)C1=O. The maximum absolute atomic E-state index is 12.5. The van der Waals surface area contributed by atoms with Crippen LogP contribution in [0, 0.1) is 0 Å². The lowest BCUT2D eigenvalue weighted by molar-refractivity contribution is -0.143. The molecular formula is C15H19NO4. The zero-order valence-corrected chi connectivity index (χ0v) is 11.5. The lowest BCUT2D eigenvalue weighted by Gasteiger charge is -2.25. The van der Waals surface area contributed by atoms with Crippen LogP contribution in [0.1, 0.15) is 24.3 Å². The third-order valence-electron chi connectivity index (χ3n) is 3.57. The van der Waals surface area contributed by atoms with Gasteiger partial charge in [-0.3, -0.25) is 14.5 Å². The van der Waals surface area contributed by atoms with E-state index in [2.05, 4.69) is 0 Å². The van der Waals surface area contributed by atoms with Gasteiger partial charge in [-0.15, -0.1) is 0 Å². The molecule has 2 rings (SSSR count). The third kappa shape index (κ3) is 2.89. The lowest BCUT2D eigenvalue weighted by atomic mass is 9.98. The van der Waals surface area contributed by atoms with Gasteiger partial charge in [0.15, 0.2) is 0 Å². The highest BCUT2D eigenvalue weighted by molar-refractivity contribution is 6.06. The van der Waals surface area contributed by atoms with Gasteiger partial charge in [-0.25, -0.2) is 0 Å². The largest absolute Gasteiger partial charge is 0.396 e. The summed E-state index contributed by atoms with van der Waals surface area (Å²) in [7, 11) is 1.52. The summed E-state index contributed by atoms with van der Waals surface area (Å²) in [5.41, 5.74) is 0.855. The lowest BCUT2D eigenvalue weighted by Crippen LogP contribution is -2.43. The zero-order valence-electron chi connectivity index (χ0n) is 11.5. The molecule has 1 N–H and O–H groups in total. The first-order valence-corrected chi connectivity index (χ1v) is 6.69. The van der Waals surface area contributed by atoms with Crippen LogP contribution in [0.3, 0.4) is 0 Å². The van der Waals surface area contributed by atoms with Crippen LogP contribution < -0.4 is 0 Å². The maximum Gasteiger partial charge on any atom is 0.237 e. The normalized spacial score (nSPS) is 20.5. The average molecular weight is 277 g/mol. The van der Waals surface area contributed by atoms with Crippen LogP contribution >= 0.6 is 0 Å². The smallest absolute Gasteiger partial charge is 0.237 e. The number of hydrogen-bond acceptors (Lipinski definition) is 4. The number of benzene rings is 1. The summed E-state index contributed by atoms with van der Waals surface area (Å²) in [5, 5.41) is 9.07. The molecule has 0 spiro atoms. The molecule has 5 nitrogen and oxygen atoms in total. The minimum atomic E-state index is -0.415. The molecule has 0 aromatic heterocycles. The second kappa shape index (κ2) is 6.63. The Morgan fingerprint density at radius 3 is 2.65 bits per heavy atom. The fourth-order valence-electron chi connectivity index (χ4n) is 2.61. The molecule has 2 amide bonds. The van der Waals surface area contributed by atoms with Gasteiger partial charge in [0, 0.05) is 20.1 Å². The van der Waals surface area contributed by atoms with Crippen molar-refractivity contribution >= 4 is 11.8 Å². The van der Waals surface area contributed by atoms with Gasteiger partial charge in [0.2, 0.25) is 11.8 Å². The molecule has 108 valence electrons. The van der Waals surface area contributed by atoms with Crippen LogP contribution in [0.4, 0.5) is 0 Å². The zero-order chi connectivity index (χ0) is 14.5. The van der Waals surface area contributed by atoms with Gasteiger partial charge in [0.25, 0.3) is 0 Å². The van der Waals surface area contributed by atoms with Crippen molar-refractivity contribution in [2.75, 3.05) is 20.3 Å². The maximum atomic E-state index is 12.5. The predicted octanol–water partition coefficient (Wildman–Crippen LogP) is 0.926. The van der Waals surface area contributed by atoms with Crippen molar-refractivity contribution in [1.29, 1.82) is 0 Å². The summed E-state index contributed by atoms with van der Waals surface area (Å²) >= 11 is 0. The molecule has 0 saturated carbocycles. The van der Waals surface area contributed by atoms with E-state index in [1.165, 1.54) is 12.0 Å². The van der Waals surface area contributed by atoms with Crippen LogP contribution in [0.15, 0.2) is 30.3 Å². The topological polar surface area (TPSA) is 66.8 Å². The van der Waals surface area contributed by atoms with Gasteiger partial charge in [-0.1, -0.05) is 30.3 Å². The molecule has 5 heteroatoms. The Hall–Kier alpha value is -1.72. The second-order valence-corrected chi connectivity index (χ2v) is 4.89. The second-order valence-electron chi connectivity index (χ2n) is 4.89. The number of amides is 2. The first-order chi connectivity index (χ1) is 9.69. The molecule has 1 heterocycles. The monoisotopic (exact) mass is 277 g/mol. The Morgan fingerprint density at radius 2 is 2.05 bits per heavy atom. The molecule has 0 radical (unpaired) electrons. The molecule has 2 atom stereocenters. The van der Waals surface area contributed by atoms with Crippen LogP contribution in [-0.4, -0.2) is 48.2 Å². The van der Waals surface area contributed by atoms with Crippen molar-refractivity contribution in [3.05, 3.63) is 35.9 Å². The molecule has 2 unspecified atom stereocenters. The predicted molar refractivity (Wildman–Crippen MR) is 73.0 cm³/mol. The standard InChI is InChI=1S/C15H19NO4/c1-20-10-12(7-8-17)16-14(18)9-13(15(16)19)11-5-3-2-4-6-11/h2-6,12-13,17H,7-10H2,1H3. The molecule has 1 fully saturated rings. The number of ether oxygens (including phenoxy) is 1. The quantitative estimate of drug-likeness (QED) is 0.785. The molecule has 1 aliphatic heterocycles. The van der Waals surface area contributed by atoms with Gasteiger partial charge in [-0.05, 0) is 12.0 Å². The van der Waals surface area contributed by atoms with E-state index < -0.39 is 12.0 Å². The van der Waals surface area contributed by atoms with Crippen LogP contribution in [0.5, 0.6) is 0 Å². The number of aliphatic hydroxyl groups is 1. The molecule has 0 aliphatic carbocycles. The minimum Gasteiger partial charge on any atom is -0.396 e. The Bertz CT molecular complexity index is 468. The summed E-state index contributed by atoms with van der Waals surface area (Å²) in [6, 6.07) is 8.92. The van der Waals surface area contributed by atoms with Gasteiger partial charge in [0.1, 0.15) is 0 Å². The molecule has 1 aromatic rings. The first kappa shape index (κ1) is 14.7. The van der Waals surface area contributed by atoms with Crippen molar-refractivity contribution in [2.45, 2.75) is 24.8 Å². The van der Waals surface area contributed by atoms with Crippen molar-refractivity contribution in [3.8, 4) is 0 Å². The van der Waals surface area contributed by atoms with E-state index in [0.717, 1.165) is 5.56 Å². The molecule has 0 bridgehead atoms. The Morgan fingerprint density at radius 1 is 1.35 bits per heavy atom. The van der Waals surface area contributed by atoms with E-state index in [1.807, 2.05) is 30.3 Å². The summed E-state index contributed by atoms with van der Waals surface area (Å²) in [6.07, 6.45) is 0.529. The average Bonchev–Trinajstić information content (AvgIpc) is 2.75. The summed E-state index contributed by atoms with van der Waals surface area (Å²) < 4.78 is 5.05. The summed E-state index contributed by atoms with van der Waals surface area (Å²) in [4.78, 5) is 25.9. The number of aliphatic hydroxyl groups excluding tert-OH is 1. The number of hydrogen-bond donors (Lipinski definition) is 1. The fourth-order valence-corrected chi connectivity index (χ4v) is 2.61. The van der Waals surface area contributed by atoms with E-state index >= 15 is 0 Å². The number of imide groups is 1. The molecule has 1 saturated heterocycles. The number of rotatable bonds is 6. The van der Waals surface area contributed by atoms with Crippen LogP contribution in [-0.2, 0) is 14.3 Å². The van der Waals surface area contributed by atoms with Crippen molar-refractivity contribution in [2.24, 2.45) is 0 Å². The highest BCUT2D eigenvalue weighted by atomic mass is 16.5. The summed E-state index contributed by atoms with van der Waals surface area (Å²) in [5.74, 6) is -0.808.